The second kappa shape index (κ2) is 5.70. The molecule has 1 saturated heterocycles. The highest BCUT2D eigenvalue weighted by atomic mass is 16.3. The number of carbonyl (C=O) groups excluding carboxylic acids is 1. The van der Waals surface area contributed by atoms with Gasteiger partial charge in [0.2, 0.25) is 0 Å². The van der Waals surface area contributed by atoms with Gasteiger partial charge in [-0.25, -0.2) is 9.78 Å². The number of nitrogens with one attached hydrogen (secondary N) is 2. The summed E-state index contributed by atoms with van der Waals surface area (Å²) in [5.41, 5.74) is 0.577. The molecule has 26 heavy (non-hydrogen) atoms. The number of amides is 1. The smallest absolute Gasteiger partial charge is 0.326 e. The van der Waals surface area contributed by atoms with Gasteiger partial charge in [0.25, 0.3) is 5.91 Å². The van der Waals surface area contributed by atoms with Crippen molar-refractivity contribution in [3.63, 3.8) is 0 Å². The van der Waals surface area contributed by atoms with Crippen LogP contribution in [0.1, 0.15) is 33.2 Å². The molecule has 1 amide bonds. The average molecular weight is 357 g/mol. The minimum Gasteiger partial charge on any atom is -0.381 e. The summed E-state index contributed by atoms with van der Waals surface area (Å²) in [6.07, 6.45) is 4.22. The lowest BCUT2D eigenvalue weighted by Crippen LogP contribution is -2.51. The number of carbonyl (C=O) groups is 1. The number of hydrogen-bond acceptors (Lipinski definition) is 4. The SMILES string of the molecule is C[C@@H]1CCN(C(=O)C(C)(C)O)C[C@@H]1n1c(=O)[nH]c2cnc3[nH]ccc3c21. The summed E-state index contributed by atoms with van der Waals surface area (Å²) in [5.74, 6) is -0.0875. The van der Waals surface area contributed by atoms with Gasteiger partial charge < -0.3 is 20.0 Å². The molecule has 0 radical (unpaired) electrons. The molecule has 2 atom stereocenters. The van der Waals surface area contributed by atoms with E-state index in [1.165, 1.54) is 13.8 Å². The number of aliphatic hydroxyl groups is 1. The molecule has 1 aliphatic heterocycles. The highest BCUT2D eigenvalue weighted by molar-refractivity contribution is 6.01. The fourth-order valence-corrected chi connectivity index (χ4v) is 3.89. The molecule has 1 aliphatic rings. The molecule has 0 aliphatic carbocycles. The first-order valence-corrected chi connectivity index (χ1v) is 8.85. The Labute approximate surface area is 149 Å². The van der Waals surface area contributed by atoms with E-state index < -0.39 is 5.60 Å². The molecule has 0 aromatic carbocycles. The number of aromatic amines is 2. The fourth-order valence-electron chi connectivity index (χ4n) is 3.89. The van der Waals surface area contributed by atoms with Crippen molar-refractivity contribution < 1.29 is 9.90 Å². The van der Waals surface area contributed by atoms with Crippen LogP contribution in [-0.4, -0.2) is 54.1 Å². The van der Waals surface area contributed by atoms with Crippen LogP contribution < -0.4 is 5.69 Å². The van der Waals surface area contributed by atoms with Crippen molar-refractivity contribution in [2.75, 3.05) is 13.1 Å². The third-order valence-electron chi connectivity index (χ3n) is 5.32. The third kappa shape index (κ3) is 2.52. The van der Waals surface area contributed by atoms with Gasteiger partial charge in [-0.3, -0.25) is 9.36 Å². The summed E-state index contributed by atoms with van der Waals surface area (Å²) in [4.78, 5) is 37.2. The zero-order valence-electron chi connectivity index (χ0n) is 15.1. The van der Waals surface area contributed by atoms with Gasteiger partial charge in [-0.15, -0.1) is 0 Å². The first-order chi connectivity index (χ1) is 12.3. The Balaban J connectivity index is 1.83. The molecule has 0 unspecified atom stereocenters. The molecule has 4 heterocycles. The van der Waals surface area contributed by atoms with Crippen LogP contribution in [0.4, 0.5) is 0 Å². The van der Waals surface area contributed by atoms with Crippen molar-refractivity contribution in [3.05, 3.63) is 28.9 Å². The van der Waals surface area contributed by atoms with Crippen LogP contribution in [0.2, 0.25) is 0 Å². The Morgan fingerprint density at radius 3 is 2.92 bits per heavy atom. The number of aromatic nitrogens is 4. The van der Waals surface area contributed by atoms with Crippen molar-refractivity contribution in [3.8, 4) is 0 Å². The number of hydrogen-bond donors (Lipinski definition) is 3. The van der Waals surface area contributed by atoms with Gasteiger partial charge in [0, 0.05) is 24.7 Å². The van der Waals surface area contributed by atoms with Gasteiger partial charge in [0.05, 0.1) is 23.3 Å². The third-order valence-corrected chi connectivity index (χ3v) is 5.32. The van der Waals surface area contributed by atoms with E-state index >= 15 is 0 Å². The Hall–Kier alpha value is -2.61. The average Bonchev–Trinajstić information content (AvgIpc) is 3.17. The number of pyridine rings is 1. The summed E-state index contributed by atoms with van der Waals surface area (Å²) in [7, 11) is 0. The van der Waals surface area contributed by atoms with Crippen LogP contribution in [0.25, 0.3) is 22.1 Å². The van der Waals surface area contributed by atoms with Crippen molar-refractivity contribution in [1.82, 2.24) is 24.4 Å². The summed E-state index contributed by atoms with van der Waals surface area (Å²) < 4.78 is 1.75. The quantitative estimate of drug-likeness (QED) is 0.644. The molecule has 0 bridgehead atoms. The minimum atomic E-state index is -1.42. The van der Waals surface area contributed by atoms with Crippen molar-refractivity contribution in [1.29, 1.82) is 0 Å². The van der Waals surface area contributed by atoms with Gasteiger partial charge in [-0.05, 0) is 32.3 Å². The summed E-state index contributed by atoms with van der Waals surface area (Å²) in [6, 6.07) is 1.73. The number of rotatable bonds is 2. The molecule has 8 heteroatoms. The van der Waals surface area contributed by atoms with Crippen molar-refractivity contribution in [2.45, 2.75) is 38.8 Å². The Morgan fingerprint density at radius 1 is 1.42 bits per heavy atom. The zero-order chi connectivity index (χ0) is 18.6. The predicted molar refractivity (Wildman–Crippen MR) is 97.9 cm³/mol. The van der Waals surface area contributed by atoms with E-state index in [4.69, 9.17) is 0 Å². The largest absolute Gasteiger partial charge is 0.381 e. The van der Waals surface area contributed by atoms with Gasteiger partial charge in [0.15, 0.2) is 0 Å². The van der Waals surface area contributed by atoms with E-state index in [1.54, 1.807) is 21.9 Å². The maximum atomic E-state index is 12.7. The molecule has 3 aromatic heterocycles. The first kappa shape index (κ1) is 16.8. The number of likely N-dealkylation sites (tertiary alicyclic amines) is 1. The number of H-pyrrole nitrogens is 2. The van der Waals surface area contributed by atoms with Crippen LogP contribution in [0, 0.1) is 5.92 Å². The van der Waals surface area contributed by atoms with Crippen LogP contribution in [0.5, 0.6) is 0 Å². The Morgan fingerprint density at radius 2 is 2.19 bits per heavy atom. The molecule has 3 aromatic rings. The molecule has 0 spiro atoms. The molecule has 4 rings (SSSR count). The lowest BCUT2D eigenvalue weighted by molar-refractivity contribution is -0.150. The van der Waals surface area contributed by atoms with E-state index in [-0.39, 0.29) is 23.6 Å². The lowest BCUT2D eigenvalue weighted by Gasteiger charge is -2.39. The second-order valence-corrected chi connectivity index (χ2v) is 7.70. The van der Waals surface area contributed by atoms with Gasteiger partial charge >= 0.3 is 5.69 Å². The standard InChI is InChI=1S/C18H23N5O3/c1-10-5-7-22(16(24)18(2,3)26)9-13(10)23-14-11-4-6-19-15(11)20-8-12(14)21-17(23)25/h4,6,8,10,13,26H,5,7,9H2,1-3H3,(H,19,20)(H,21,25)/t10-,13+/m1/s1. The van der Waals surface area contributed by atoms with E-state index in [0.29, 0.717) is 18.6 Å². The molecule has 1 fully saturated rings. The van der Waals surface area contributed by atoms with E-state index in [2.05, 4.69) is 21.9 Å². The van der Waals surface area contributed by atoms with E-state index in [1.807, 2.05) is 6.07 Å². The van der Waals surface area contributed by atoms with E-state index in [0.717, 1.165) is 23.0 Å². The predicted octanol–water partition coefficient (Wildman–Crippen LogP) is 1.39. The number of imidazole rings is 1. The highest BCUT2D eigenvalue weighted by Crippen LogP contribution is 2.32. The number of piperidine rings is 1. The first-order valence-electron chi connectivity index (χ1n) is 8.85. The van der Waals surface area contributed by atoms with E-state index in [9.17, 15) is 14.7 Å². The summed E-state index contributed by atoms with van der Waals surface area (Å²) >= 11 is 0. The normalized spacial score (nSPS) is 21.6. The Bertz CT molecular complexity index is 1040. The number of nitrogens with zero attached hydrogens (tertiary/aromatic N) is 3. The maximum Gasteiger partial charge on any atom is 0.326 e. The van der Waals surface area contributed by atoms with Crippen LogP contribution in [-0.2, 0) is 4.79 Å². The van der Waals surface area contributed by atoms with Crippen LogP contribution in [0.3, 0.4) is 0 Å². The van der Waals surface area contributed by atoms with Crippen LogP contribution in [0.15, 0.2) is 23.3 Å². The molecule has 138 valence electrons. The zero-order valence-corrected chi connectivity index (χ0v) is 15.1. The second-order valence-electron chi connectivity index (χ2n) is 7.70. The highest BCUT2D eigenvalue weighted by Gasteiger charge is 2.37. The minimum absolute atomic E-state index is 0.170. The lowest BCUT2D eigenvalue weighted by atomic mass is 9.92. The van der Waals surface area contributed by atoms with Gasteiger partial charge in [-0.1, -0.05) is 6.92 Å². The molecule has 0 saturated carbocycles. The topological polar surface area (TPSA) is 107 Å². The molecule has 8 nitrogen and oxygen atoms in total. The fraction of sp³-hybridized carbons (Fsp3) is 0.500. The van der Waals surface area contributed by atoms with Gasteiger partial charge in [-0.2, -0.15) is 0 Å². The Kier molecular flexibility index (Phi) is 3.69. The van der Waals surface area contributed by atoms with Crippen molar-refractivity contribution in [2.24, 2.45) is 5.92 Å². The summed E-state index contributed by atoms with van der Waals surface area (Å²) in [5, 5.41) is 11.0. The van der Waals surface area contributed by atoms with Crippen LogP contribution >= 0.6 is 0 Å². The molecule has 3 N–H and O–H groups in total. The van der Waals surface area contributed by atoms with Gasteiger partial charge in [0.1, 0.15) is 11.2 Å². The summed E-state index contributed by atoms with van der Waals surface area (Å²) in [6.45, 7) is 6.06. The van der Waals surface area contributed by atoms with Crippen molar-refractivity contribution >= 4 is 28.0 Å². The maximum absolute atomic E-state index is 12.7. The number of fused-ring (bicyclic) bond motifs is 3. The molecular weight excluding hydrogens is 334 g/mol. The monoisotopic (exact) mass is 357 g/mol. The molecular formula is C18H23N5O3.